The second-order valence-corrected chi connectivity index (χ2v) is 2.89. The van der Waals surface area contributed by atoms with Crippen LogP contribution in [0.1, 0.15) is 5.56 Å². The van der Waals surface area contributed by atoms with Gasteiger partial charge in [-0.2, -0.15) is 5.26 Å². The number of hydrogen-bond donors (Lipinski definition) is 0. The maximum absolute atomic E-state index is 10.5. The Morgan fingerprint density at radius 2 is 2.21 bits per heavy atom. The van der Waals surface area contributed by atoms with Gasteiger partial charge in [0.1, 0.15) is 0 Å². The number of hydrogen-bond acceptors (Lipinski definition) is 4. The summed E-state index contributed by atoms with van der Waals surface area (Å²) in [4.78, 5) is 11.3. The fourth-order valence-corrected chi connectivity index (χ4v) is 1.13. The fraction of sp³-hybridized carbons (Fsp3) is 0.222. The Kier molecular flexibility index (Phi) is 2.67. The van der Waals surface area contributed by atoms with Crippen LogP contribution in [0.2, 0.25) is 0 Å². The molecule has 0 amide bonds. The average Bonchev–Trinajstić information content (AvgIpc) is 2.17. The van der Waals surface area contributed by atoms with Gasteiger partial charge in [0.05, 0.1) is 10.6 Å². The Morgan fingerprint density at radius 1 is 1.57 bits per heavy atom. The summed E-state index contributed by atoms with van der Waals surface area (Å²) in [6, 6.07) is 4.43. The number of anilines is 1. The number of non-ortho nitro benzene ring substituents is 1. The van der Waals surface area contributed by atoms with Crippen LogP contribution in [0.3, 0.4) is 0 Å². The van der Waals surface area contributed by atoms with Crippen LogP contribution < -0.4 is 4.90 Å². The van der Waals surface area contributed by atoms with E-state index in [9.17, 15) is 10.1 Å². The molecular weight excluding hydrogens is 182 g/mol. The highest BCUT2D eigenvalue weighted by Crippen LogP contribution is 2.23. The highest BCUT2D eigenvalue weighted by molar-refractivity contribution is 5.60. The average molecular weight is 191 g/mol. The molecule has 0 bridgehead atoms. The van der Waals surface area contributed by atoms with Gasteiger partial charge in [-0.1, -0.05) is 6.07 Å². The fourth-order valence-electron chi connectivity index (χ4n) is 1.13. The molecule has 1 aromatic carbocycles. The summed E-state index contributed by atoms with van der Waals surface area (Å²) in [6.07, 6.45) is 1.90. The predicted molar refractivity (Wildman–Crippen MR) is 51.8 cm³/mol. The summed E-state index contributed by atoms with van der Waals surface area (Å²) in [5, 5.41) is 19.1. The van der Waals surface area contributed by atoms with Gasteiger partial charge in [0, 0.05) is 19.2 Å². The third kappa shape index (κ3) is 1.80. The summed E-state index contributed by atoms with van der Waals surface area (Å²) >= 11 is 0. The maximum Gasteiger partial charge on any atom is 0.271 e. The van der Waals surface area contributed by atoms with Crippen molar-refractivity contribution in [3.8, 4) is 6.19 Å². The highest BCUT2D eigenvalue weighted by atomic mass is 16.6. The Hall–Kier alpha value is -2.09. The Bertz CT molecular complexity index is 409. The van der Waals surface area contributed by atoms with E-state index in [1.807, 2.05) is 6.19 Å². The van der Waals surface area contributed by atoms with E-state index in [0.29, 0.717) is 5.69 Å². The van der Waals surface area contributed by atoms with E-state index in [0.717, 1.165) is 5.56 Å². The summed E-state index contributed by atoms with van der Waals surface area (Å²) in [5.74, 6) is 0. The van der Waals surface area contributed by atoms with E-state index in [2.05, 4.69) is 0 Å². The third-order valence-corrected chi connectivity index (χ3v) is 1.91. The van der Waals surface area contributed by atoms with E-state index in [1.54, 1.807) is 20.0 Å². The standard InChI is InChI=1S/C9H9N3O2/c1-7-3-4-8(12(13)14)5-9(7)11(2)6-10/h3-5H,1-2H3. The summed E-state index contributed by atoms with van der Waals surface area (Å²) in [6.45, 7) is 1.80. The first kappa shape index (κ1) is 9.99. The lowest BCUT2D eigenvalue weighted by Crippen LogP contribution is -2.09. The van der Waals surface area contributed by atoms with E-state index < -0.39 is 4.92 Å². The number of nitro groups is 1. The number of nitro benzene ring substituents is 1. The highest BCUT2D eigenvalue weighted by Gasteiger charge is 2.10. The van der Waals surface area contributed by atoms with Gasteiger partial charge in [0.15, 0.2) is 6.19 Å². The first-order valence-electron chi connectivity index (χ1n) is 3.94. The van der Waals surface area contributed by atoms with Crippen molar-refractivity contribution in [3.05, 3.63) is 33.9 Å². The van der Waals surface area contributed by atoms with Crippen molar-refractivity contribution >= 4 is 11.4 Å². The minimum absolute atomic E-state index is 0.00676. The quantitative estimate of drug-likeness (QED) is 0.309. The Balaban J connectivity index is 3.23. The zero-order chi connectivity index (χ0) is 10.7. The largest absolute Gasteiger partial charge is 0.282 e. The van der Waals surface area contributed by atoms with Gasteiger partial charge >= 0.3 is 0 Å². The van der Waals surface area contributed by atoms with Crippen LogP contribution in [0.5, 0.6) is 0 Å². The van der Waals surface area contributed by atoms with Crippen LogP contribution >= 0.6 is 0 Å². The molecule has 0 heterocycles. The predicted octanol–water partition coefficient (Wildman–Crippen LogP) is 1.82. The van der Waals surface area contributed by atoms with Crippen molar-refractivity contribution in [2.75, 3.05) is 11.9 Å². The molecule has 0 aromatic heterocycles. The van der Waals surface area contributed by atoms with Gasteiger partial charge in [0.2, 0.25) is 0 Å². The van der Waals surface area contributed by atoms with E-state index in [-0.39, 0.29) is 5.69 Å². The zero-order valence-electron chi connectivity index (χ0n) is 7.89. The molecule has 5 nitrogen and oxygen atoms in total. The molecule has 0 unspecified atom stereocenters. The maximum atomic E-state index is 10.5. The van der Waals surface area contributed by atoms with Crippen molar-refractivity contribution in [2.24, 2.45) is 0 Å². The molecule has 14 heavy (non-hydrogen) atoms. The lowest BCUT2D eigenvalue weighted by molar-refractivity contribution is -0.384. The molecule has 0 saturated heterocycles. The van der Waals surface area contributed by atoms with Gasteiger partial charge in [-0.3, -0.25) is 15.0 Å². The lowest BCUT2D eigenvalue weighted by atomic mass is 10.1. The Labute approximate surface area is 81.3 Å². The molecule has 1 aromatic rings. The Morgan fingerprint density at radius 3 is 2.71 bits per heavy atom. The molecule has 5 heteroatoms. The molecule has 1 rings (SSSR count). The smallest absolute Gasteiger partial charge is 0.271 e. The van der Waals surface area contributed by atoms with Crippen LogP contribution in [0.4, 0.5) is 11.4 Å². The molecule has 0 N–H and O–H groups in total. The van der Waals surface area contributed by atoms with E-state index >= 15 is 0 Å². The summed E-state index contributed by atoms with van der Waals surface area (Å²) in [5.41, 5.74) is 1.38. The minimum Gasteiger partial charge on any atom is -0.282 e. The van der Waals surface area contributed by atoms with Gasteiger partial charge in [-0.15, -0.1) is 0 Å². The third-order valence-electron chi connectivity index (χ3n) is 1.91. The molecule has 0 radical (unpaired) electrons. The lowest BCUT2D eigenvalue weighted by Gasteiger charge is -2.11. The molecule has 72 valence electrons. The second kappa shape index (κ2) is 3.75. The number of nitrogens with zero attached hydrogens (tertiary/aromatic N) is 3. The number of benzene rings is 1. The molecule has 0 saturated carbocycles. The molecule has 0 spiro atoms. The zero-order valence-corrected chi connectivity index (χ0v) is 7.89. The van der Waals surface area contributed by atoms with Crippen LogP contribution in [-0.2, 0) is 0 Å². The van der Waals surface area contributed by atoms with Gasteiger partial charge in [0.25, 0.3) is 5.69 Å². The molecule has 0 aliphatic heterocycles. The van der Waals surface area contributed by atoms with Crippen LogP contribution in [0.15, 0.2) is 18.2 Å². The van der Waals surface area contributed by atoms with Gasteiger partial charge in [-0.25, -0.2) is 0 Å². The first-order chi connectivity index (χ1) is 6.56. The number of nitriles is 1. The van der Waals surface area contributed by atoms with Gasteiger partial charge < -0.3 is 0 Å². The van der Waals surface area contributed by atoms with Crippen molar-refractivity contribution in [2.45, 2.75) is 6.92 Å². The van der Waals surface area contributed by atoms with E-state index in [4.69, 9.17) is 5.26 Å². The van der Waals surface area contributed by atoms with Crippen molar-refractivity contribution in [1.82, 2.24) is 0 Å². The normalized spacial score (nSPS) is 9.21. The van der Waals surface area contributed by atoms with Crippen LogP contribution in [0, 0.1) is 28.5 Å². The monoisotopic (exact) mass is 191 g/mol. The van der Waals surface area contributed by atoms with Crippen LogP contribution in [0.25, 0.3) is 0 Å². The summed E-state index contributed by atoms with van der Waals surface area (Å²) < 4.78 is 0. The first-order valence-corrected chi connectivity index (χ1v) is 3.94. The number of rotatable bonds is 2. The molecular formula is C9H9N3O2. The van der Waals surface area contributed by atoms with Crippen molar-refractivity contribution in [3.63, 3.8) is 0 Å². The summed E-state index contributed by atoms with van der Waals surface area (Å²) in [7, 11) is 1.56. The number of aryl methyl sites for hydroxylation is 1. The van der Waals surface area contributed by atoms with Crippen molar-refractivity contribution < 1.29 is 4.92 Å². The second-order valence-electron chi connectivity index (χ2n) is 2.89. The van der Waals surface area contributed by atoms with E-state index in [1.165, 1.54) is 17.0 Å². The molecule has 0 aliphatic carbocycles. The molecule has 0 aliphatic rings. The van der Waals surface area contributed by atoms with Gasteiger partial charge in [-0.05, 0) is 12.5 Å². The SMILES string of the molecule is Cc1ccc([N+](=O)[O-])cc1N(C)C#N. The van der Waals surface area contributed by atoms with Crippen molar-refractivity contribution in [1.29, 1.82) is 5.26 Å². The minimum atomic E-state index is -0.478. The molecule has 0 fully saturated rings. The molecule has 0 atom stereocenters. The topological polar surface area (TPSA) is 70.2 Å². The van der Waals surface area contributed by atoms with Crippen LogP contribution in [-0.4, -0.2) is 12.0 Å².